The van der Waals surface area contributed by atoms with E-state index in [4.69, 9.17) is 4.74 Å². The Morgan fingerprint density at radius 3 is 2.19 bits per heavy atom. The van der Waals surface area contributed by atoms with Crippen molar-refractivity contribution < 1.29 is 14.3 Å². The number of ether oxygens (including phenoxy) is 1. The lowest BCUT2D eigenvalue weighted by atomic mass is 10.0. The van der Waals surface area contributed by atoms with Gasteiger partial charge in [0, 0.05) is 5.69 Å². The quantitative estimate of drug-likeness (QED) is 0.876. The van der Waals surface area contributed by atoms with Crippen LogP contribution >= 0.6 is 0 Å². The molecule has 5 heteroatoms. The summed E-state index contributed by atoms with van der Waals surface area (Å²) in [6.45, 7) is 9.68. The van der Waals surface area contributed by atoms with Crippen LogP contribution in [0.3, 0.4) is 0 Å². The van der Waals surface area contributed by atoms with Crippen molar-refractivity contribution in [3.05, 3.63) is 29.3 Å². The van der Waals surface area contributed by atoms with Gasteiger partial charge in [0.15, 0.2) is 0 Å². The molecule has 0 saturated heterocycles. The lowest BCUT2D eigenvalue weighted by Crippen LogP contribution is -2.47. The molecule has 1 atom stereocenters. The minimum atomic E-state index is -0.634. The maximum absolute atomic E-state index is 12.3. The van der Waals surface area contributed by atoms with E-state index < -0.39 is 12.1 Å². The van der Waals surface area contributed by atoms with E-state index in [9.17, 15) is 9.59 Å². The zero-order chi connectivity index (χ0) is 16.0. The molecule has 0 aromatic heterocycles. The molecule has 1 aromatic rings. The molecule has 116 valence electrons. The van der Waals surface area contributed by atoms with E-state index in [1.165, 1.54) is 0 Å². The topological polar surface area (TPSA) is 67.4 Å². The van der Waals surface area contributed by atoms with Crippen molar-refractivity contribution in [2.75, 3.05) is 11.9 Å². The molecule has 0 saturated carbocycles. The van der Waals surface area contributed by atoms with Gasteiger partial charge >= 0.3 is 6.09 Å². The molecule has 0 aliphatic rings. The lowest BCUT2D eigenvalue weighted by Gasteiger charge is -2.21. The largest absolute Gasteiger partial charge is 0.450 e. The number of carbonyl (C=O) groups is 2. The van der Waals surface area contributed by atoms with E-state index in [1.54, 1.807) is 6.92 Å². The van der Waals surface area contributed by atoms with E-state index >= 15 is 0 Å². The van der Waals surface area contributed by atoms with E-state index in [1.807, 2.05) is 45.9 Å². The summed E-state index contributed by atoms with van der Waals surface area (Å²) >= 11 is 0. The summed E-state index contributed by atoms with van der Waals surface area (Å²) in [5.41, 5.74) is 2.88. The number of amides is 2. The minimum absolute atomic E-state index is 0.0414. The van der Waals surface area contributed by atoms with Gasteiger partial charge in [-0.05, 0) is 49.9 Å². The number of aryl methyl sites for hydroxylation is 2. The highest BCUT2D eigenvalue weighted by Crippen LogP contribution is 2.15. The Hall–Kier alpha value is -2.04. The zero-order valence-electron chi connectivity index (χ0n) is 13.3. The SMILES string of the molecule is CCOC(=O)N[C@H](C(=O)Nc1cc(C)cc(C)c1)C(C)C. The number of alkyl carbamates (subject to hydrolysis) is 1. The fourth-order valence-electron chi connectivity index (χ4n) is 2.10. The van der Waals surface area contributed by atoms with E-state index in [0.29, 0.717) is 0 Å². The van der Waals surface area contributed by atoms with Crippen molar-refractivity contribution >= 4 is 17.7 Å². The van der Waals surface area contributed by atoms with Crippen LogP contribution in [0, 0.1) is 19.8 Å². The molecule has 0 radical (unpaired) electrons. The van der Waals surface area contributed by atoms with Crippen LogP contribution in [0.25, 0.3) is 0 Å². The summed E-state index contributed by atoms with van der Waals surface area (Å²) in [6, 6.07) is 5.19. The van der Waals surface area contributed by atoms with Crippen molar-refractivity contribution in [3.8, 4) is 0 Å². The molecular formula is C16H24N2O3. The first kappa shape index (κ1) is 17.0. The second-order valence-electron chi connectivity index (χ2n) is 5.45. The monoisotopic (exact) mass is 292 g/mol. The molecule has 21 heavy (non-hydrogen) atoms. The highest BCUT2D eigenvalue weighted by molar-refractivity contribution is 5.96. The molecule has 1 rings (SSSR count). The van der Waals surface area contributed by atoms with Gasteiger partial charge in [-0.25, -0.2) is 4.79 Å². The average molecular weight is 292 g/mol. The summed E-state index contributed by atoms with van der Waals surface area (Å²) in [6.07, 6.45) is -0.577. The van der Waals surface area contributed by atoms with Gasteiger partial charge in [0.1, 0.15) is 6.04 Å². The van der Waals surface area contributed by atoms with E-state index in [2.05, 4.69) is 10.6 Å². The van der Waals surface area contributed by atoms with Gasteiger partial charge < -0.3 is 15.4 Å². The summed E-state index contributed by atoms with van der Waals surface area (Å²) in [5.74, 6) is -0.289. The molecule has 0 unspecified atom stereocenters. The Morgan fingerprint density at radius 1 is 1.14 bits per heavy atom. The molecule has 0 spiro atoms. The molecule has 1 aromatic carbocycles. The van der Waals surface area contributed by atoms with Crippen LogP contribution in [-0.4, -0.2) is 24.6 Å². The Balaban J connectivity index is 2.79. The molecule has 2 N–H and O–H groups in total. The standard InChI is InChI=1S/C16H24N2O3/c1-6-21-16(20)18-14(10(2)3)15(19)17-13-8-11(4)7-12(5)9-13/h7-10,14H,6H2,1-5H3,(H,17,19)(H,18,20)/t14-/m0/s1. The predicted octanol–water partition coefficient (Wildman–Crippen LogP) is 3.01. The van der Waals surface area contributed by atoms with Crippen molar-refractivity contribution in [3.63, 3.8) is 0 Å². The first-order chi connectivity index (χ1) is 9.83. The third-order valence-electron chi connectivity index (χ3n) is 2.99. The van der Waals surface area contributed by atoms with Gasteiger partial charge in [0.05, 0.1) is 6.61 Å². The van der Waals surface area contributed by atoms with Crippen LogP contribution in [0.15, 0.2) is 18.2 Å². The minimum Gasteiger partial charge on any atom is -0.450 e. The highest BCUT2D eigenvalue weighted by atomic mass is 16.5. The van der Waals surface area contributed by atoms with Gasteiger partial charge in [-0.15, -0.1) is 0 Å². The third kappa shape index (κ3) is 5.45. The second kappa shape index (κ2) is 7.67. The van der Waals surface area contributed by atoms with E-state index in [0.717, 1.165) is 16.8 Å². The van der Waals surface area contributed by atoms with Crippen molar-refractivity contribution in [2.24, 2.45) is 5.92 Å². The Morgan fingerprint density at radius 2 is 1.71 bits per heavy atom. The fourth-order valence-corrected chi connectivity index (χ4v) is 2.10. The predicted molar refractivity (Wildman–Crippen MR) is 83.3 cm³/mol. The van der Waals surface area contributed by atoms with Crippen LogP contribution in [0.2, 0.25) is 0 Å². The molecule has 0 heterocycles. The second-order valence-corrected chi connectivity index (χ2v) is 5.45. The number of hydrogen-bond donors (Lipinski definition) is 2. The molecule has 2 amide bonds. The van der Waals surface area contributed by atoms with Crippen LogP contribution in [0.5, 0.6) is 0 Å². The summed E-state index contributed by atoms with van der Waals surface area (Å²) in [7, 11) is 0. The Bertz CT molecular complexity index is 492. The maximum Gasteiger partial charge on any atom is 0.407 e. The van der Waals surface area contributed by atoms with Crippen molar-refractivity contribution in [1.82, 2.24) is 5.32 Å². The van der Waals surface area contributed by atoms with Crippen molar-refractivity contribution in [2.45, 2.75) is 40.7 Å². The number of rotatable bonds is 5. The Labute approximate surface area is 126 Å². The molecule has 0 aliphatic carbocycles. The lowest BCUT2D eigenvalue weighted by molar-refractivity contribution is -0.119. The Kier molecular flexibility index (Phi) is 6.21. The van der Waals surface area contributed by atoms with Crippen LogP contribution < -0.4 is 10.6 Å². The number of nitrogens with one attached hydrogen (secondary N) is 2. The first-order valence-corrected chi connectivity index (χ1v) is 7.16. The van der Waals surface area contributed by atoms with E-state index in [-0.39, 0.29) is 18.4 Å². The number of anilines is 1. The summed E-state index contributed by atoms with van der Waals surface area (Å²) in [5, 5.41) is 5.44. The van der Waals surface area contributed by atoms with Gasteiger partial charge in [-0.3, -0.25) is 4.79 Å². The first-order valence-electron chi connectivity index (χ1n) is 7.16. The van der Waals surface area contributed by atoms with Gasteiger partial charge in [-0.1, -0.05) is 19.9 Å². The average Bonchev–Trinajstić information content (AvgIpc) is 2.34. The van der Waals surface area contributed by atoms with Crippen molar-refractivity contribution in [1.29, 1.82) is 0 Å². The summed E-state index contributed by atoms with van der Waals surface area (Å²) < 4.78 is 4.83. The molecule has 5 nitrogen and oxygen atoms in total. The highest BCUT2D eigenvalue weighted by Gasteiger charge is 2.24. The summed E-state index contributed by atoms with van der Waals surface area (Å²) in [4.78, 5) is 23.8. The number of benzene rings is 1. The molecule has 0 bridgehead atoms. The van der Waals surface area contributed by atoms with Gasteiger partial charge in [-0.2, -0.15) is 0 Å². The number of carbonyl (C=O) groups excluding carboxylic acids is 2. The molecular weight excluding hydrogens is 268 g/mol. The fraction of sp³-hybridized carbons (Fsp3) is 0.500. The number of hydrogen-bond acceptors (Lipinski definition) is 3. The smallest absolute Gasteiger partial charge is 0.407 e. The normalized spacial score (nSPS) is 11.9. The van der Waals surface area contributed by atoms with Crippen LogP contribution in [0.1, 0.15) is 31.9 Å². The van der Waals surface area contributed by atoms with Gasteiger partial charge in [0.25, 0.3) is 0 Å². The zero-order valence-corrected chi connectivity index (χ0v) is 13.3. The molecule has 0 fully saturated rings. The van der Waals surface area contributed by atoms with Crippen LogP contribution in [-0.2, 0) is 9.53 Å². The van der Waals surface area contributed by atoms with Gasteiger partial charge in [0.2, 0.25) is 5.91 Å². The van der Waals surface area contributed by atoms with Crippen LogP contribution in [0.4, 0.5) is 10.5 Å². The molecule has 0 aliphatic heterocycles. The maximum atomic E-state index is 12.3. The third-order valence-corrected chi connectivity index (χ3v) is 2.99.